The number of nitriles is 1. The predicted octanol–water partition coefficient (Wildman–Crippen LogP) is 4.48. The van der Waals surface area contributed by atoms with Crippen molar-refractivity contribution < 1.29 is 23.5 Å². The van der Waals surface area contributed by atoms with Crippen molar-refractivity contribution in [3.63, 3.8) is 0 Å². The molecule has 0 saturated carbocycles. The average molecular weight is 440 g/mol. The monoisotopic (exact) mass is 440 g/mol. The predicted molar refractivity (Wildman–Crippen MR) is 118 cm³/mol. The lowest BCUT2D eigenvalue weighted by atomic mass is 10.0. The van der Waals surface area contributed by atoms with E-state index in [1.807, 2.05) is 6.07 Å². The van der Waals surface area contributed by atoms with Gasteiger partial charge in [-0.2, -0.15) is 5.26 Å². The molecule has 4 rings (SSSR count). The van der Waals surface area contributed by atoms with E-state index in [9.17, 15) is 24.0 Å². The van der Waals surface area contributed by atoms with Crippen molar-refractivity contribution in [3.05, 3.63) is 101 Å². The molecule has 0 aliphatic carbocycles. The third-order valence-corrected chi connectivity index (χ3v) is 5.25. The number of carbonyl (C=O) groups is 3. The van der Waals surface area contributed by atoms with Crippen molar-refractivity contribution in [2.75, 3.05) is 0 Å². The van der Waals surface area contributed by atoms with Gasteiger partial charge in [-0.05, 0) is 48.9 Å². The minimum atomic E-state index is -1.12. The molecule has 162 valence electrons. The molecule has 0 N–H and O–H groups in total. The second kappa shape index (κ2) is 8.89. The Labute approximate surface area is 189 Å². The summed E-state index contributed by atoms with van der Waals surface area (Å²) >= 11 is 0. The topological polar surface area (TPSA) is 87.5 Å². The fourth-order valence-corrected chi connectivity index (χ4v) is 3.52. The Morgan fingerprint density at radius 2 is 1.55 bits per heavy atom. The first kappa shape index (κ1) is 21.7. The fourth-order valence-electron chi connectivity index (χ4n) is 3.52. The zero-order chi connectivity index (χ0) is 23.5. The van der Waals surface area contributed by atoms with Crippen LogP contribution in [0.2, 0.25) is 0 Å². The smallest absolute Gasteiger partial charge is 0.334 e. The van der Waals surface area contributed by atoms with E-state index in [4.69, 9.17) is 4.74 Å². The maximum Gasteiger partial charge on any atom is 0.334 e. The zero-order valence-corrected chi connectivity index (χ0v) is 17.5. The first-order chi connectivity index (χ1) is 15.9. The molecule has 0 saturated heterocycles. The van der Waals surface area contributed by atoms with Gasteiger partial charge in [0.2, 0.25) is 0 Å². The number of nitrogens with zero attached hydrogens (tertiary/aromatic N) is 2. The Kier molecular flexibility index (Phi) is 5.83. The Morgan fingerprint density at radius 3 is 2.12 bits per heavy atom. The molecule has 0 radical (unpaired) electrons. The number of hydrogen-bond donors (Lipinski definition) is 0. The van der Waals surface area contributed by atoms with Gasteiger partial charge in [-0.3, -0.25) is 14.5 Å². The van der Waals surface area contributed by atoms with Crippen LogP contribution in [0.15, 0.2) is 72.8 Å². The standard InChI is InChI=1S/C26H17FN2O4/c1-16(29-24(30)21-7-2-3-8-22(21)25(29)31)26(32)33-19-12-10-17(11-13-19)14-18(15-28)20-6-4-5-9-23(20)27/h2-14,16H,1H3/b18-14-. The Morgan fingerprint density at radius 1 is 0.970 bits per heavy atom. The molecule has 1 unspecified atom stereocenters. The summed E-state index contributed by atoms with van der Waals surface area (Å²) in [5, 5.41) is 9.40. The molecule has 3 aromatic rings. The first-order valence-corrected chi connectivity index (χ1v) is 10.1. The van der Waals surface area contributed by atoms with E-state index in [1.165, 1.54) is 49.4 Å². The molecule has 2 amide bonds. The van der Waals surface area contributed by atoms with Crippen molar-refractivity contribution in [2.45, 2.75) is 13.0 Å². The fraction of sp³-hybridized carbons (Fsp3) is 0.0769. The number of esters is 1. The van der Waals surface area contributed by atoms with E-state index in [0.29, 0.717) is 5.56 Å². The van der Waals surface area contributed by atoms with Gasteiger partial charge in [-0.25, -0.2) is 9.18 Å². The molecule has 6 nitrogen and oxygen atoms in total. The molecular weight excluding hydrogens is 423 g/mol. The number of fused-ring (bicyclic) bond motifs is 1. The van der Waals surface area contributed by atoms with E-state index in [0.717, 1.165) is 4.90 Å². The van der Waals surface area contributed by atoms with E-state index < -0.39 is 29.6 Å². The first-order valence-electron chi connectivity index (χ1n) is 10.1. The molecule has 33 heavy (non-hydrogen) atoms. The lowest BCUT2D eigenvalue weighted by Crippen LogP contribution is -2.44. The highest BCUT2D eigenvalue weighted by atomic mass is 19.1. The van der Waals surface area contributed by atoms with Gasteiger partial charge >= 0.3 is 5.97 Å². The van der Waals surface area contributed by atoms with Crippen molar-refractivity contribution in [2.24, 2.45) is 0 Å². The van der Waals surface area contributed by atoms with Crippen LogP contribution in [0.1, 0.15) is 38.8 Å². The van der Waals surface area contributed by atoms with E-state index in [1.54, 1.807) is 36.4 Å². The third-order valence-electron chi connectivity index (χ3n) is 5.25. The summed E-state index contributed by atoms with van der Waals surface area (Å²) in [7, 11) is 0. The summed E-state index contributed by atoms with van der Waals surface area (Å²) in [6.07, 6.45) is 1.52. The normalized spacial score (nSPS) is 14.0. The number of hydrogen-bond acceptors (Lipinski definition) is 5. The highest BCUT2D eigenvalue weighted by Gasteiger charge is 2.41. The lowest BCUT2D eigenvalue weighted by Gasteiger charge is -2.20. The third kappa shape index (κ3) is 4.14. The quantitative estimate of drug-likeness (QED) is 0.192. The van der Waals surface area contributed by atoms with Gasteiger partial charge in [-0.15, -0.1) is 0 Å². The number of halogens is 1. The second-order valence-corrected chi connectivity index (χ2v) is 7.34. The highest BCUT2D eigenvalue weighted by Crippen LogP contribution is 2.26. The summed E-state index contributed by atoms with van der Waals surface area (Å²) in [4.78, 5) is 38.6. The molecule has 1 aliphatic heterocycles. The van der Waals surface area contributed by atoms with Crippen LogP contribution in [-0.4, -0.2) is 28.7 Å². The molecular formula is C26H17FN2O4. The largest absolute Gasteiger partial charge is 0.425 e. The van der Waals surface area contributed by atoms with Crippen LogP contribution in [0.3, 0.4) is 0 Å². The van der Waals surface area contributed by atoms with Gasteiger partial charge in [0, 0.05) is 5.56 Å². The van der Waals surface area contributed by atoms with Gasteiger partial charge in [0.1, 0.15) is 17.6 Å². The molecule has 0 aromatic heterocycles. The second-order valence-electron chi connectivity index (χ2n) is 7.34. The van der Waals surface area contributed by atoms with Gasteiger partial charge in [-0.1, -0.05) is 42.5 Å². The van der Waals surface area contributed by atoms with Crippen molar-refractivity contribution in [3.8, 4) is 11.8 Å². The summed E-state index contributed by atoms with van der Waals surface area (Å²) < 4.78 is 19.3. The zero-order valence-electron chi connectivity index (χ0n) is 17.5. The number of amides is 2. The maximum absolute atomic E-state index is 14.0. The summed E-state index contributed by atoms with van der Waals surface area (Å²) in [6.45, 7) is 1.43. The summed E-state index contributed by atoms with van der Waals surface area (Å²) in [6, 6.07) is 19.4. The Balaban J connectivity index is 1.48. The molecule has 0 fully saturated rings. The molecule has 0 bridgehead atoms. The average Bonchev–Trinajstić information content (AvgIpc) is 3.08. The number of allylic oxidation sites excluding steroid dienone is 1. The van der Waals surface area contributed by atoms with Crippen LogP contribution in [0, 0.1) is 17.1 Å². The van der Waals surface area contributed by atoms with Crippen molar-refractivity contribution >= 4 is 29.4 Å². The summed E-state index contributed by atoms with van der Waals surface area (Å²) in [5.41, 5.74) is 1.44. The van der Waals surface area contributed by atoms with Crippen LogP contribution < -0.4 is 4.74 Å². The van der Waals surface area contributed by atoms with Crippen LogP contribution in [0.5, 0.6) is 5.75 Å². The van der Waals surface area contributed by atoms with Gasteiger partial charge in [0.25, 0.3) is 11.8 Å². The molecule has 0 spiro atoms. The van der Waals surface area contributed by atoms with Crippen molar-refractivity contribution in [1.29, 1.82) is 5.26 Å². The number of benzene rings is 3. The minimum Gasteiger partial charge on any atom is -0.425 e. The van der Waals surface area contributed by atoms with Crippen LogP contribution in [0.25, 0.3) is 11.6 Å². The number of imide groups is 1. The molecule has 1 atom stereocenters. The summed E-state index contributed by atoms with van der Waals surface area (Å²) in [5.74, 6) is -2.16. The Hall–Kier alpha value is -4.57. The van der Waals surface area contributed by atoms with Crippen LogP contribution in [-0.2, 0) is 4.79 Å². The number of carbonyl (C=O) groups excluding carboxylic acids is 3. The maximum atomic E-state index is 14.0. The highest BCUT2D eigenvalue weighted by molar-refractivity contribution is 6.22. The number of ether oxygens (including phenoxy) is 1. The Bertz CT molecular complexity index is 1300. The van der Waals surface area contributed by atoms with Crippen LogP contribution >= 0.6 is 0 Å². The van der Waals surface area contributed by atoms with Crippen molar-refractivity contribution in [1.82, 2.24) is 4.90 Å². The number of rotatable bonds is 5. The van der Waals surface area contributed by atoms with E-state index >= 15 is 0 Å². The van der Waals surface area contributed by atoms with E-state index in [2.05, 4.69) is 0 Å². The molecule has 1 heterocycles. The van der Waals surface area contributed by atoms with Crippen LogP contribution in [0.4, 0.5) is 4.39 Å². The van der Waals surface area contributed by atoms with Gasteiger partial charge in [0.15, 0.2) is 0 Å². The molecule has 3 aromatic carbocycles. The van der Waals surface area contributed by atoms with Gasteiger partial charge < -0.3 is 4.74 Å². The molecule has 7 heteroatoms. The molecule has 1 aliphatic rings. The minimum absolute atomic E-state index is 0.150. The SMILES string of the molecule is CC(C(=O)Oc1ccc(/C=C(/C#N)c2ccccc2F)cc1)N1C(=O)c2ccccc2C1=O. The lowest BCUT2D eigenvalue weighted by molar-refractivity contribution is -0.138. The van der Waals surface area contributed by atoms with E-state index in [-0.39, 0.29) is 28.0 Å². The van der Waals surface area contributed by atoms with Gasteiger partial charge in [0.05, 0.1) is 22.8 Å².